The Hall–Kier alpha value is 1.47. The molecule has 0 spiro atoms. The van der Waals surface area contributed by atoms with Gasteiger partial charge in [0.15, 0.2) is 0 Å². The van der Waals surface area contributed by atoms with Crippen LogP contribution in [0.4, 0.5) is 0 Å². The average Bonchev–Trinajstić information content (AvgIpc) is 0.811. The van der Waals surface area contributed by atoms with Crippen LogP contribution in [-0.2, 0) is 28.4 Å². The molecule has 31 valence electrons. The molecule has 0 unspecified atom stereocenters. The second-order valence-electron chi connectivity index (χ2n) is 0.224. The summed E-state index contributed by atoms with van der Waals surface area (Å²) in [5, 5.41) is 0. The normalized spacial score (nSPS) is 4.80. The average molecular weight is 371 g/mol. The summed E-state index contributed by atoms with van der Waals surface area (Å²) in [7, 11) is 0. The Kier molecular flexibility index (Phi) is 10.6. The van der Waals surface area contributed by atoms with Gasteiger partial charge >= 0.3 is 60.4 Å². The molecule has 0 atom stereocenters. The van der Waals surface area contributed by atoms with Gasteiger partial charge in [0.2, 0.25) is 0 Å². The van der Waals surface area contributed by atoms with E-state index < -0.39 is 5.77 Å². The molecule has 0 heterocycles. The second-order valence-corrected chi connectivity index (χ2v) is 2.87. The zero-order chi connectivity index (χ0) is 3.58. The predicted octanol–water partition coefficient (Wildman–Crippen LogP) is -0.563. The molecule has 0 aliphatic rings. The Balaban J connectivity index is 0. The van der Waals surface area contributed by atoms with E-state index >= 15 is 0 Å². The molecule has 0 rings (SSSR count). The van der Waals surface area contributed by atoms with Crippen molar-refractivity contribution in [3.8, 4) is 0 Å². The minimum atomic E-state index is -2.11. The predicted molar refractivity (Wildman–Crippen MR) is 18.2 cm³/mol. The standard InChI is InChI=1S/Bi.Mo.O2P.3H/c;;1-3-2;;;. The molecule has 5 heteroatoms. The third-order valence-electron chi connectivity index (χ3n) is 0. The van der Waals surface area contributed by atoms with Gasteiger partial charge in [-0.2, -0.15) is 0 Å². The summed E-state index contributed by atoms with van der Waals surface area (Å²) >= 11 is 1.06. The second kappa shape index (κ2) is 5.47. The van der Waals surface area contributed by atoms with E-state index in [-0.39, 0.29) is 26.2 Å². The van der Waals surface area contributed by atoms with Gasteiger partial charge in [0.05, 0.1) is 0 Å². The molecule has 5 heavy (non-hydrogen) atoms. The van der Waals surface area contributed by atoms with Gasteiger partial charge in [-0.05, 0) is 0 Å². The van der Waals surface area contributed by atoms with Gasteiger partial charge in [0.1, 0.15) is 0 Å². The van der Waals surface area contributed by atoms with Gasteiger partial charge in [-0.25, -0.2) is 0 Å². The molecule has 0 aromatic heterocycles. The number of hydrogen-bond acceptors (Lipinski definition) is 2. The molecular formula is H3BiMoO2P. The van der Waals surface area contributed by atoms with Crippen molar-refractivity contribution in [1.82, 2.24) is 0 Å². The molecule has 0 aromatic rings. The van der Waals surface area contributed by atoms with Crippen molar-refractivity contribution in [2.75, 3.05) is 0 Å². The van der Waals surface area contributed by atoms with Gasteiger partial charge < -0.3 is 0 Å². The Labute approximate surface area is 60.0 Å². The molecule has 0 saturated heterocycles. The van der Waals surface area contributed by atoms with Gasteiger partial charge in [0.25, 0.3) is 0 Å². The molecule has 0 N–H and O–H groups in total. The van der Waals surface area contributed by atoms with Crippen LogP contribution in [0.25, 0.3) is 0 Å². The van der Waals surface area contributed by atoms with Crippen LogP contribution in [0, 0.1) is 0 Å². The summed E-state index contributed by atoms with van der Waals surface area (Å²) < 4.78 is 18.1. The van der Waals surface area contributed by atoms with E-state index in [2.05, 4.69) is 0 Å². The van der Waals surface area contributed by atoms with E-state index in [9.17, 15) is 0 Å². The summed E-state index contributed by atoms with van der Waals surface area (Å²) in [4.78, 5) is 0. The zero-order valence-electron chi connectivity index (χ0n) is 2.38. The van der Waals surface area contributed by atoms with Crippen LogP contribution in [0.3, 0.4) is 0 Å². The summed E-state index contributed by atoms with van der Waals surface area (Å²) in [5.74, 6) is -2.11. The van der Waals surface area contributed by atoms with E-state index in [0.29, 0.717) is 0 Å². The molecule has 0 aliphatic heterocycles. The quantitative estimate of drug-likeness (QED) is 0.423. The van der Waals surface area contributed by atoms with Gasteiger partial charge in [-0.1, -0.05) is 0 Å². The summed E-state index contributed by atoms with van der Waals surface area (Å²) in [6.07, 6.45) is 0. The van der Waals surface area contributed by atoms with Crippen LogP contribution in [0.1, 0.15) is 0 Å². The van der Waals surface area contributed by atoms with Gasteiger partial charge in [0, 0.05) is 0 Å². The molecule has 0 aromatic carbocycles. The number of rotatable bonds is 0. The van der Waals surface area contributed by atoms with Crippen molar-refractivity contribution in [1.29, 1.82) is 0 Å². The van der Waals surface area contributed by atoms with E-state index in [1.807, 2.05) is 0 Å². The Morgan fingerprint density at radius 1 is 1.40 bits per heavy atom. The molecular weight excluding hydrogens is 368 g/mol. The van der Waals surface area contributed by atoms with E-state index in [1.54, 1.807) is 0 Å². The fourth-order valence-corrected chi connectivity index (χ4v) is 0. The first-order valence-corrected chi connectivity index (χ1v) is 4.34. The molecule has 0 bridgehead atoms. The topological polar surface area (TPSA) is 34.1 Å². The molecule has 2 nitrogen and oxygen atoms in total. The summed E-state index contributed by atoms with van der Waals surface area (Å²) in [6, 6.07) is 0. The third kappa shape index (κ3) is 30.5. The van der Waals surface area contributed by atoms with Crippen LogP contribution in [0.15, 0.2) is 0 Å². The molecule has 0 aliphatic carbocycles. The Morgan fingerprint density at radius 2 is 1.40 bits per heavy atom. The van der Waals surface area contributed by atoms with Crippen molar-refractivity contribution < 1.29 is 28.4 Å². The van der Waals surface area contributed by atoms with Crippen molar-refractivity contribution in [3.05, 3.63) is 0 Å². The Morgan fingerprint density at radius 3 is 1.40 bits per heavy atom. The summed E-state index contributed by atoms with van der Waals surface area (Å²) in [6.45, 7) is 0. The van der Waals surface area contributed by atoms with Crippen LogP contribution in [-0.4, -0.2) is 26.2 Å². The fraction of sp³-hybridized carbons (Fsp3) is 0. The van der Waals surface area contributed by atoms with Crippen LogP contribution < -0.4 is 0 Å². The van der Waals surface area contributed by atoms with Crippen LogP contribution in [0.5, 0.6) is 0 Å². The zero-order valence-corrected chi connectivity index (χ0v) is 10.8. The SMILES string of the molecule is O=[P](=O)[Mo].[BiH3]. The molecule has 0 amide bonds. The molecule has 0 fully saturated rings. The van der Waals surface area contributed by atoms with Crippen molar-refractivity contribution in [3.63, 3.8) is 0 Å². The first-order valence-electron chi connectivity index (χ1n) is 0.548. The Bertz CT molecular complexity index is 58.0. The molecule has 0 saturated carbocycles. The number of hydrogen-bond donors (Lipinski definition) is 0. The van der Waals surface area contributed by atoms with Gasteiger partial charge in [-0.3, -0.25) is 0 Å². The van der Waals surface area contributed by atoms with Crippen molar-refractivity contribution in [2.45, 2.75) is 0 Å². The van der Waals surface area contributed by atoms with E-state index in [1.165, 1.54) is 0 Å². The molecule has 0 radical (unpaired) electrons. The maximum absolute atomic E-state index is 9.04. The summed E-state index contributed by atoms with van der Waals surface area (Å²) in [5.41, 5.74) is 0. The van der Waals surface area contributed by atoms with Crippen molar-refractivity contribution in [2.24, 2.45) is 0 Å². The fourth-order valence-electron chi connectivity index (χ4n) is 0. The van der Waals surface area contributed by atoms with E-state index in [0.717, 1.165) is 19.3 Å². The van der Waals surface area contributed by atoms with E-state index in [4.69, 9.17) is 9.13 Å². The minimum absolute atomic E-state index is 0. The first-order chi connectivity index (χ1) is 1.73. The first kappa shape index (κ1) is 9.69. The van der Waals surface area contributed by atoms with Crippen LogP contribution in [0.2, 0.25) is 0 Å². The third-order valence-corrected chi connectivity index (χ3v) is 0. The van der Waals surface area contributed by atoms with Gasteiger partial charge in [-0.15, -0.1) is 0 Å². The van der Waals surface area contributed by atoms with Crippen LogP contribution >= 0.6 is 5.77 Å². The monoisotopic (exact) mass is 373 g/mol. The maximum atomic E-state index is 9.04. The van der Waals surface area contributed by atoms with Crippen molar-refractivity contribution >= 4 is 32.0 Å².